The number of benzene rings is 1. The summed E-state index contributed by atoms with van der Waals surface area (Å²) in [6, 6.07) is 5.77. The number of fused-ring (bicyclic) bond motifs is 1. The van der Waals surface area contributed by atoms with Gasteiger partial charge < -0.3 is 9.47 Å². The molecule has 1 aliphatic rings. The Hall–Kier alpha value is -0.960. The minimum absolute atomic E-state index is 0.616. The molecule has 0 atom stereocenters. The molecule has 0 bridgehead atoms. The summed E-state index contributed by atoms with van der Waals surface area (Å²) in [4.78, 5) is 0. The first-order chi connectivity index (χ1) is 6.27. The smallest absolute Gasteiger partial charge is 0.161 e. The van der Waals surface area contributed by atoms with Gasteiger partial charge in [-0.15, -0.1) is 0 Å². The zero-order valence-electron chi connectivity index (χ0n) is 7.05. The second-order valence-electron chi connectivity index (χ2n) is 2.76. The maximum absolute atomic E-state index is 5.43. The lowest BCUT2D eigenvalue weighted by molar-refractivity contribution is 0.171. The maximum atomic E-state index is 5.43. The highest BCUT2D eigenvalue weighted by Crippen LogP contribution is 2.33. The molecule has 2 nitrogen and oxygen atoms in total. The first-order valence-corrected chi connectivity index (χ1v) is 4.81. The van der Waals surface area contributed by atoms with Crippen LogP contribution in [0.1, 0.15) is 5.56 Å². The van der Waals surface area contributed by atoms with Crippen molar-refractivity contribution in [2.75, 3.05) is 13.2 Å². The molecule has 0 spiro atoms. The molecule has 0 saturated carbocycles. The van der Waals surface area contributed by atoms with E-state index in [0.29, 0.717) is 13.2 Å². The zero-order valence-corrected chi connectivity index (χ0v) is 8.63. The largest absolute Gasteiger partial charge is 0.486 e. The van der Waals surface area contributed by atoms with E-state index in [0.717, 1.165) is 21.5 Å². The minimum atomic E-state index is 0.616. The van der Waals surface area contributed by atoms with E-state index in [1.54, 1.807) is 0 Å². The van der Waals surface area contributed by atoms with Crippen molar-refractivity contribution in [2.45, 2.75) is 0 Å². The van der Waals surface area contributed by atoms with Gasteiger partial charge in [0.05, 0.1) is 0 Å². The Labute approximate surface area is 85.3 Å². The van der Waals surface area contributed by atoms with Crippen molar-refractivity contribution in [2.24, 2.45) is 0 Å². The molecule has 0 saturated heterocycles. The highest BCUT2D eigenvalue weighted by Gasteiger charge is 2.11. The van der Waals surface area contributed by atoms with E-state index >= 15 is 0 Å². The van der Waals surface area contributed by atoms with Crippen LogP contribution in [0.15, 0.2) is 24.8 Å². The first-order valence-electron chi connectivity index (χ1n) is 4.02. The lowest BCUT2D eigenvalue weighted by Gasteiger charge is -2.18. The highest BCUT2D eigenvalue weighted by molar-refractivity contribution is 9.15. The van der Waals surface area contributed by atoms with Crippen LogP contribution in [0.25, 0.3) is 4.48 Å². The van der Waals surface area contributed by atoms with Crippen LogP contribution in [0.3, 0.4) is 0 Å². The fourth-order valence-electron chi connectivity index (χ4n) is 1.21. The Morgan fingerprint density at radius 1 is 1.23 bits per heavy atom. The molecule has 0 fully saturated rings. The topological polar surface area (TPSA) is 18.5 Å². The predicted octanol–water partition coefficient (Wildman–Crippen LogP) is 2.82. The minimum Gasteiger partial charge on any atom is -0.486 e. The molecule has 0 aliphatic carbocycles. The number of halogens is 1. The van der Waals surface area contributed by atoms with Crippen molar-refractivity contribution >= 4 is 20.4 Å². The first kappa shape index (κ1) is 8.63. The lowest BCUT2D eigenvalue weighted by atomic mass is 10.2. The van der Waals surface area contributed by atoms with Crippen molar-refractivity contribution < 1.29 is 9.47 Å². The standard InChI is InChI=1S/C10H9BrO2/c1-7(11)8-2-3-9-10(6-8)13-5-4-12-9/h2-3,6H,1,4-5H2. The number of rotatable bonds is 1. The van der Waals surface area contributed by atoms with Gasteiger partial charge in [-0.25, -0.2) is 0 Å². The van der Waals surface area contributed by atoms with E-state index in [1.165, 1.54) is 0 Å². The molecule has 1 aliphatic heterocycles. The van der Waals surface area contributed by atoms with Crippen LogP contribution in [-0.2, 0) is 0 Å². The Morgan fingerprint density at radius 2 is 1.92 bits per heavy atom. The van der Waals surface area contributed by atoms with Crippen LogP contribution in [0.4, 0.5) is 0 Å². The third kappa shape index (κ3) is 1.70. The van der Waals surface area contributed by atoms with E-state index in [-0.39, 0.29) is 0 Å². The SMILES string of the molecule is C=C(Br)c1ccc2c(c1)OCCO2. The molecular formula is C10H9BrO2. The van der Waals surface area contributed by atoms with Gasteiger partial charge in [-0.1, -0.05) is 22.5 Å². The molecule has 13 heavy (non-hydrogen) atoms. The van der Waals surface area contributed by atoms with Crippen molar-refractivity contribution in [3.63, 3.8) is 0 Å². The van der Waals surface area contributed by atoms with E-state index < -0.39 is 0 Å². The summed E-state index contributed by atoms with van der Waals surface area (Å²) in [5, 5.41) is 0. The van der Waals surface area contributed by atoms with Crippen LogP contribution < -0.4 is 9.47 Å². The summed E-state index contributed by atoms with van der Waals surface area (Å²) in [6.45, 7) is 5.04. The van der Waals surface area contributed by atoms with Gasteiger partial charge in [0.15, 0.2) is 11.5 Å². The summed E-state index contributed by atoms with van der Waals surface area (Å²) in [6.07, 6.45) is 0. The molecule has 68 valence electrons. The average Bonchev–Trinajstić information content (AvgIpc) is 2.17. The highest BCUT2D eigenvalue weighted by atomic mass is 79.9. The van der Waals surface area contributed by atoms with Gasteiger partial charge in [-0.05, 0) is 23.8 Å². The monoisotopic (exact) mass is 240 g/mol. The molecule has 3 heteroatoms. The summed E-state index contributed by atoms with van der Waals surface area (Å²) < 4.78 is 11.7. The second-order valence-corrected chi connectivity index (χ2v) is 3.72. The van der Waals surface area contributed by atoms with Crippen LogP contribution in [-0.4, -0.2) is 13.2 Å². The van der Waals surface area contributed by atoms with Crippen LogP contribution in [0.5, 0.6) is 11.5 Å². The van der Waals surface area contributed by atoms with E-state index in [1.807, 2.05) is 18.2 Å². The van der Waals surface area contributed by atoms with Crippen molar-refractivity contribution in [1.82, 2.24) is 0 Å². The Bertz CT molecular complexity index is 347. The quantitative estimate of drug-likeness (QED) is 0.752. The van der Waals surface area contributed by atoms with Crippen LogP contribution in [0.2, 0.25) is 0 Å². The predicted molar refractivity (Wildman–Crippen MR) is 55.4 cm³/mol. The van der Waals surface area contributed by atoms with E-state index in [4.69, 9.17) is 9.47 Å². The molecule has 0 N–H and O–H groups in total. The number of hydrogen-bond donors (Lipinski definition) is 0. The Morgan fingerprint density at radius 3 is 2.62 bits per heavy atom. The summed E-state index contributed by atoms with van der Waals surface area (Å²) >= 11 is 3.32. The fraction of sp³-hybridized carbons (Fsp3) is 0.200. The summed E-state index contributed by atoms with van der Waals surface area (Å²) in [7, 11) is 0. The van der Waals surface area contributed by atoms with Crippen molar-refractivity contribution in [3.8, 4) is 11.5 Å². The molecule has 0 unspecified atom stereocenters. The van der Waals surface area contributed by atoms with E-state index in [9.17, 15) is 0 Å². The normalized spacial score (nSPS) is 13.9. The van der Waals surface area contributed by atoms with Gasteiger partial charge in [0.1, 0.15) is 13.2 Å². The van der Waals surface area contributed by atoms with Crippen LogP contribution >= 0.6 is 15.9 Å². The molecule has 2 rings (SSSR count). The average molecular weight is 241 g/mol. The van der Waals surface area contributed by atoms with Crippen LogP contribution in [0, 0.1) is 0 Å². The Balaban J connectivity index is 2.40. The second kappa shape index (κ2) is 3.42. The molecule has 0 amide bonds. The molecule has 1 heterocycles. The molecular weight excluding hydrogens is 232 g/mol. The van der Waals surface area contributed by atoms with Gasteiger partial charge >= 0.3 is 0 Å². The van der Waals surface area contributed by atoms with Gasteiger partial charge in [-0.3, -0.25) is 0 Å². The third-order valence-corrected chi connectivity index (χ3v) is 2.31. The van der Waals surface area contributed by atoms with Crippen molar-refractivity contribution in [3.05, 3.63) is 30.3 Å². The molecule has 1 aromatic rings. The zero-order chi connectivity index (χ0) is 9.26. The molecule has 1 aromatic carbocycles. The number of hydrogen-bond acceptors (Lipinski definition) is 2. The van der Waals surface area contributed by atoms with E-state index in [2.05, 4.69) is 22.5 Å². The fourth-order valence-corrected chi connectivity index (χ4v) is 1.46. The van der Waals surface area contributed by atoms with Gasteiger partial charge in [0, 0.05) is 4.48 Å². The summed E-state index contributed by atoms with van der Waals surface area (Å²) in [5.41, 5.74) is 1.02. The molecule has 0 aromatic heterocycles. The van der Waals surface area contributed by atoms with Gasteiger partial charge in [0.25, 0.3) is 0 Å². The maximum Gasteiger partial charge on any atom is 0.161 e. The van der Waals surface area contributed by atoms with Crippen molar-refractivity contribution in [1.29, 1.82) is 0 Å². The third-order valence-electron chi connectivity index (χ3n) is 1.86. The molecule has 0 radical (unpaired) electrons. The van der Waals surface area contributed by atoms with Gasteiger partial charge in [0.2, 0.25) is 0 Å². The lowest BCUT2D eigenvalue weighted by Crippen LogP contribution is -2.15. The number of ether oxygens (including phenoxy) is 2. The Kier molecular flexibility index (Phi) is 2.27. The van der Waals surface area contributed by atoms with Gasteiger partial charge in [-0.2, -0.15) is 0 Å². The summed E-state index contributed by atoms with van der Waals surface area (Å²) in [5.74, 6) is 1.60.